The van der Waals surface area contributed by atoms with Crippen LogP contribution in [0, 0.1) is 5.82 Å². The molecule has 0 heterocycles. The first-order chi connectivity index (χ1) is 12.3. The summed E-state index contributed by atoms with van der Waals surface area (Å²) >= 11 is 0.857. The van der Waals surface area contributed by atoms with E-state index in [-0.39, 0.29) is 27.9 Å². The zero-order chi connectivity index (χ0) is 19.1. The first-order valence-electron chi connectivity index (χ1n) is 7.59. The molecule has 26 heavy (non-hydrogen) atoms. The normalized spacial score (nSPS) is 10.7. The number of hydrogen-bond acceptors (Lipinski definition) is 4. The molecule has 0 aliphatic carbocycles. The number of hydrogen-bond donors (Lipinski definition) is 2. The number of anilines is 1. The molecule has 0 aliphatic rings. The van der Waals surface area contributed by atoms with E-state index in [1.54, 1.807) is 30.3 Å². The third kappa shape index (κ3) is 5.86. The van der Waals surface area contributed by atoms with Gasteiger partial charge in [0.2, 0.25) is 5.91 Å². The highest BCUT2D eigenvalue weighted by Crippen LogP contribution is 2.23. The fraction of sp³-hybridized carbons (Fsp3) is 0.105. The molecule has 2 N–H and O–H groups in total. The van der Waals surface area contributed by atoms with Crippen molar-refractivity contribution in [2.75, 3.05) is 11.1 Å². The van der Waals surface area contributed by atoms with Crippen molar-refractivity contribution in [3.8, 4) is 0 Å². The average Bonchev–Trinajstić information content (AvgIpc) is 2.59. The van der Waals surface area contributed by atoms with Gasteiger partial charge in [0.15, 0.2) is 5.78 Å². The van der Waals surface area contributed by atoms with Crippen LogP contribution in [-0.2, 0) is 9.59 Å². The van der Waals surface area contributed by atoms with Crippen molar-refractivity contribution in [3.63, 3.8) is 0 Å². The van der Waals surface area contributed by atoms with Gasteiger partial charge in [0, 0.05) is 23.1 Å². The number of rotatable bonds is 7. The molecule has 0 saturated heterocycles. The lowest BCUT2D eigenvalue weighted by Gasteiger charge is -2.03. The fourth-order valence-corrected chi connectivity index (χ4v) is 2.70. The van der Waals surface area contributed by atoms with Gasteiger partial charge in [0.25, 0.3) is 0 Å². The van der Waals surface area contributed by atoms with Crippen LogP contribution in [-0.4, -0.2) is 28.5 Å². The number of thioether (sulfide) groups is 1. The molecule has 0 aliphatic heterocycles. The van der Waals surface area contributed by atoms with E-state index in [0.717, 1.165) is 23.4 Å². The number of benzene rings is 2. The van der Waals surface area contributed by atoms with Crippen molar-refractivity contribution in [1.82, 2.24) is 0 Å². The summed E-state index contributed by atoms with van der Waals surface area (Å²) in [4.78, 5) is 33.8. The molecule has 5 nitrogen and oxygen atoms in total. The van der Waals surface area contributed by atoms with Gasteiger partial charge in [0.05, 0.1) is 5.75 Å². The molecule has 2 aromatic carbocycles. The Morgan fingerprint density at radius 1 is 1.15 bits per heavy atom. The lowest BCUT2D eigenvalue weighted by Crippen LogP contribution is -2.05. The summed E-state index contributed by atoms with van der Waals surface area (Å²) < 4.78 is 13.9. The Bertz CT molecular complexity index is 862. The van der Waals surface area contributed by atoms with Gasteiger partial charge in [-0.15, -0.1) is 11.8 Å². The lowest BCUT2D eigenvalue weighted by atomic mass is 10.1. The molecule has 0 saturated carbocycles. The van der Waals surface area contributed by atoms with Crippen LogP contribution in [0.3, 0.4) is 0 Å². The number of nitrogens with one attached hydrogen (secondary N) is 1. The summed E-state index contributed by atoms with van der Waals surface area (Å²) in [6.07, 6.45) is 2.91. The van der Waals surface area contributed by atoms with Crippen molar-refractivity contribution < 1.29 is 23.9 Å². The molecule has 0 atom stereocenters. The number of halogens is 1. The number of carboxylic acids is 1. The Labute approximate surface area is 153 Å². The molecule has 0 aromatic heterocycles. The van der Waals surface area contributed by atoms with Crippen LogP contribution >= 0.6 is 11.8 Å². The zero-order valence-corrected chi connectivity index (χ0v) is 14.7. The number of ketones is 1. The van der Waals surface area contributed by atoms with Crippen molar-refractivity contribution in [1.29, 1.82) is 0 Å². The van der Waals surface area contributed by atoms with Crippen molar-refractivity contribution >= 4 is 41.2 Å². The second-order valence-corrected chi connectivity index (χ2v) is 6.35. The number of carbonyl (C=O) groups is 3. The third-order valence-electron chi connectivity index (χ3n) is 3.23. The summed E-state index contributed by atoms with van der Waals surface area (Å²) in [5.74, 6) is -2.46. The van der Waals surface area contributed by atoms with Gasteiger partial charge in [-0.3, -0.25) is 14.4 Å². The number of carbonyl (C=O) groups excluding carboxylic acids is 2. The fourth-order valence-electron chi connectivity index (χ4n) is 2.06. The number of carboxylic acid groups (broad SMARTS) is 1. The monoisotopic (exact) mass is 373 g/mol. The summed E-state index contributed by atoms with van der Waals surface area (Å²) in [5.41, 5.74) is 1.58. The minimum Gasteiger partial charge on any atom is -0.481 e. The van der Waals surface area contributed by atoms with E-state index in [0.29, 0.717) is 5.69 Å². The van der Waals surface area contributed by atoms with Crippen LogP contribution in [0.5, 0.6) is 0 Å². The standard InChI is InChI=1S/C19H16FNO4S/c1-12(22)21-15-6-2-13(3-7-15)4-8-17(23)14-5-9-18(16(20)10-14)26-11-19(24)25/h2-10H,11H2,1H3,(H,21,22)(H,24,25)/b8-4+. The van der Waals surface area contributed by atoms with Crippen LogP contribution in [0.4, 0.5) is 10.1 Å². The lowest BCUT2D eigenvalue weighted by molar-refractivity contribution is -0.133. The molecule has 0 fully saturated rings. The molecule has 2 rings (SSSR count). The van der Waals surface area contributed by atoms with E-state index in [2.05, 4.69) is 5.32 Å². The molecule has 0 radical (unpaired) electrons. The first-order valence-corrected chi connectivity index (χ1v) is 8.58. The number of allylic oxidation sites excluding steroid dienone is 1. The van der Waals surface area contributed by atoms with Crippen LogP contribution in [0.25, 0.3) is 6.08 Å². The minimum atomic E-state index is -1.04. The number of amides is 1. The van der Waals surface area contributed by atoms with Gasteiger partial charge in [-0.25, -0.2) is 4.39 Å². The highest BCUT2D eigenvalue weighted by atomic mass is 32.2. The Hall–Kier alpha value is -2.93. The summed E-state index contributed by atoms with van der Waals surface area (Å²) in [5, 5.41) is 11.3. The average molecular weight is 373 g/mol. The van der Waals surface area contributed by atoms with Crippen LogP contribution in [0.1, 0.15) is 22.8 Å². The number of aliphatic carboxylic acids is 1. The molecule has 7 heteroatoms. The second-order valence-electron chi connectivity index (χ2n) is 5.33. The van der Waals surface area contributed by atoms with E-state index in [1.807, 2.05) is 0 Å². The SMILES string of the molecule is CC(=O)Nc1ccc(/C=C/C(=O)c2ccc(SCC(=O)O)c(F)c2)cc1. The maximum atomic E-state index is 13.9. The Kier molecular flexibility index (Phi) is 6.68. The summed E-state index contributed by atoms with van der Waals surface area (Å²) in [6, 6.07) is 10.8. The van der Waals surface area contributed by atoms with Crippen LogP contribution < -0.4 is 5.32 Å². The highest BCUT2D eigenvalue weighted by molar-refractivity contribution is 8.00. The molecule has 2 aromatic rings. The van der Waals surface area contributed by atoms with Gasteiger partial charge >= 0.3 is 5.97 Å². The maximum absolute atomic E-state index is 13.9. The predicted molar refractivity (Wildman–Crippen MR) is 98.9 cm³/mol. The van der Waals surface area contributed by atoms with E-state index < -0.39 is 11.8 Å². The van der Waals surface area contributed by atoms with Gasteiger partial charge < -0.3 is 10.4 Å². The smallest absolute Gasteiger partial charge is 0.313 e. The Balaban J connectivity index is 2.04. The van der Waals surface area contributed by atoms with Gasteiger partial charge in [-0.05, 0) is 42.0 Å². The van der Waals surface area contributed by atoms with Crippen molar-refractivity contribution in [2.45, 2.75) is 11.8 Å². The molecule has 0 spiro atoms. The van der Waals surface area contributed by atoms with Crippen molar-refractivity contribution in [3.05, 3.63) is 65.5 Å². The second kappa shape index (κ2) is 8.96. The Morgan fingerprint density at radius 3 is 2.42 bits per heavy atom. The molecule has 0 bridgehead atoms. The Morgan fingerprint density at radius 2 is 1.85 bits per heavy atom. The molecule has 0 unspecified atom stereocenters. The summed E-state index contributed by atoms with van der Waals surface area (Å²) in [7, 11) is 0. The predicted octanol–water partition coefficient (Wildman–Crippen LogP) is 3.86. The molecular weight excluding hydrogens is 357 g/mol. The van der Waals surface area contributed by atoms with Crippen LogP contribution in [0.2, 0.25) is 0 Å². The quantitative estimate of drug-likeness (QED) is 0.437. The molecule has 1 amide bonds. The van der Waals surface area contributed by atoms with Crippen LogP contribution in [0.15, 0.2) is 53.4 Å². The largest absolute Gasteiger partial charge is 0.481 e. The topological polar surface area (TPSA) is 83.5 Å². The third-order valence-corrected chi connectivity index (χ3v) is 4.26. The van der Waals surface area contributed by atoms with Crippen molar-refractivity contribution in [2.24, 2.45) is 0 Å². The van der Waals surface area contributed by atoms with E-state index >= 15 is 0 Å². The van der Waals surface area contributed by atoms with Gasteiger partial charge in [0.1, 0.15) is 5.82 Å². The van der Waals surface area contributed by atoms with Gasteiger partial charge in [-0.1, -0.05) is 18.2 Å². The summed E-state index contributed by atoms with van der Waals surface area (Å²) in [6.45, 7) is 1.41. The van der Waals surface area contributed by atoms with E-state index in [9.17, 15) is 18.8 Å². The van der Waals surface area contributed by atoms with Gasteiger partial charge in [-0.2, -0.15) is 0 Å². The molecular formula is C19H16FNO4S. The highest BCUT2D eigenvalue weighted by Gasteiger charge is 2.09. The van der Waals surface area contributed by atoms with E-state index in [1.165, 1.54) is 25.1 Å². The first kappa shape index (κ1) is 19.4. The molecule has 134 valence electrons. The maximum Gasteiger partial charge on any atom is 0.313 e. The minimum absolute atomic E-state index is 0.171. The van der Waals surface area contributed by atoms with E-state index in [4.69, 9.17) is 5.11 Å². The zero-order valence-electron chi connectivity index (χ0n) is 13.9.